The number of rotatable bonds is 4. The SMILES string of the molecule is CCNC(C1CCOCC1)C1CCC(C)O1. The third kappa shape index (κ3) is 2.96. The highest BCUT2D eigenvalue weighted by Crippen LogP contribution is 2.29. The molecule has 0 radical (unpaired) electrons. The fraction of sp³-hybridized carbons (Fsp3) is 1.00. The zero-order valence-electron chi connectivity index (χ0n) is 10.6. The Bertz CT molecular complexity index is 199. The fourth-order valence-electron chi connectivity index (χ4n) is 3.01. The van der Waals surface area contributed by atoms with Crippen molar-refractivity contribution in [3.8, 4) is 0 Å². The smallest absolute Gasteiger partial charge is 0.0735 e. The Kier molecular flexibility index (Phi) is 4.62. The van der Waals surface area contributed by atoms with Gasteiger partial charge in [0.05, 0.1) is 12.2 Å². The van der Waals surface area contributed by atoms with Crippen molar-refractivity contribution in [3.05, 3.63) is 0 Å². The van der Waals surface area contributed by atoms with Gasteiger partial charge in [0, 0.05) is 19.3 Å². The molecule has 3 atom stereocenters. The van der Waals surface area contributed by atoms with Gasteiger partial charge >= 0.3 is 0 Å². The van der Waals surface area contributed by atoms with Crippen molar-refractivity contribution in [3.63, 3.8) is 0 Å². The van der Waals surface area contributed by atoms with Crippen LogP contribution in [-0.4, -0.2) is 38.0 Å². The number of likely N-dealkylation sites (N-methyl/N-ethyl adjacent to an activating group) is 1. The van der Waals surface area contributed by atoms with Crippen molar-refractivity contribution in [1.29, 1.82) is 0 Å². The lowest BCUT2D eigenvalue weighted by molar-refractivity contribution is -0.00986. The molecular formula is C13H25NO2. The van der Waals surface area contributed by atoms with Crippen molar-refractivity contribution in [2.24, 2.45) is 5.92 Å². The second kappa shape index (κ2) is 5.99. The van der Waals surface area contributed by atoms with E-state index in [1.165, 1.54) is 25.7 Å². The summed E-state index contributed by atoms with van der Waals surface area (Å²) >= 11 is 0. The monoisotopic (exact) mass is 227 g/mol. The topological polar surface area (TPSA) is 30.5 Å². The molecule has 0 aromatic heterocycles. The standard InChI is InChI=1S/C13H25NO2/c1-3-14-13(11-6-8-15-9-7-11)12-5-4-10(2)16-12/h10-14H,3-9H2,1-2H3. The summed E-state index contributed by atoms with van der Waals surface area (Å²) in [6.07, 6.45) is 5.69. The van der Waals surface area contributed by atoms with E-state index in [1.807, 2.05) is 0 Å². The Balaban J connectivity index is 1.92. The normalized spacial score (nSPS) is 34.1. The van der Waals surface area contributed by atoms with E-state index in [4.69, 9.17) is 9.47 Å². The van der Waals surface area contributed by atoms with Crippen molar-refractivity contribution >= 4 is 0 Å². The van der Waals surface area contributed by atoms with Crippen LogP contribution in [0.2, 0.25) is 0 Å². The lowest BCUT2D eigenvalue weighted by Gasteiger charge is -2.34. The molecule has 2 rings (SSSR count). The summed E-state index contributed by atoms with van der Waals surface area (Å²) < 4.78 is 11.5. The van der Waals surface area contributed by atoms with Crippen LogP contribution in [0.15, 0.2) is 0 Å². The van der Waals surface area contributed by atoms with Crippen LogP contribution in [0.3, 0.4) is 0 Å². The largest absolute Gasteiger partial charge is 0.381 e. The van der Waals surface area contributed by atoms with Crippen molar-refractivity contribution < 1.29 is 9.47 Å². The van der Waals surface area contributed by atoms with Gasteiger partial charge in [-0.3, -0.25) is 0 Å². The molecule has 3 nitrogen and oxygen atoms in total. The average molecular weight is 227 g/mol. The van der Waals surface area contributed by atoms with Gasteiger partial charge in [0.25, 0.3) is 0 Å². The quantitative estimate of drug-likeness (QED) is 0.796. The molecule has 2 saturated heterocycles. The molecule has 16 heavy (non-hydrogen) atoms. The molecule has 0 spiro atoms. The summed E-state index contributed by atoms with van der Waals surface area (Å²) in [5.74, 6) is 0.740. The molecule has 3 unspecified atom stereocenters. The van der Waals surface area contributed by atoms with Crippen LogP contribution in [0.25, 0.3) is 0 Å². The molecule has 0 aliphatic carbocycles. The Hall–Kier alpha value is -0.120. The van der Waals surface area contributed by atoms with E-state index in [-0.39, 0.29) is 0 Å². The van der Waals surface area contributed by atoms with Gasteiger partial charge in [-0.25, -0.2) is 0 Å². The summed E-state index contributed by atoms with van der Waals surface area (Å²) in [7, 11) is 0. The van der Waals surface area contributed by atoms with E-state index in [2.05, 4.69) is 19.2 Å². The second-order valence-corrected chi connectivity index (χ2v) is 5.10. The highest BCUT2D eigenvalue weighted by atomic mass is 16.5. The third-order valence-corrected chi connectivity index (χ3v) is 3.88. The predicted octanol–water partition coefficient (Wildman–Crippen LogP) is 1.96. The molecular weight excluding hydrogens is 202 g/mol. The van der Waals surface area contributed by atoms with E-state index in [0.717, 1.165) is 25.7 Å². The molecule has 1 N–H and O–H groups in total. The molecule has 0 aromatic carbocycles. The fourth-order valence-corrected chi connectivity index (χ4v) is 3.01. The molecule has 0 aromatic rings. The molecule has 2 fully saturated rings. The molecule has 2 heterocycles. The summed E-state index contributed by atoms with van der Waals surface area (Å²) in [4.78, 5) is 0. The maximum Gasteiger partial charge on any atom is 0.0735 e. The van der Waals surface area contributed by atoms with Gasteiger partial charge in [-0.05, 0) is 45.1 Å². The van der Waals surface area contributed by atoms with Crippen molar-refractivity contribution in [2.75, 3.05) is 19.8 Å². The van der Waals surface area contributed by atoms with Gasteiger partial charge in [0.1, 0.15) is 0 Å². The maximum atomic E-state index is 6.03. The Morgan fingerprint density at radius 2 is 1.94 bits per heavy atom. The van der Waals surface area contributed by atoms with Gasteiger partial charge in [-0.1, -0.05) is 6.92 Å². The first-order chi connectivity index (χ1) is 7.81. The molecule has 0 amide bonds. The molecule has 3 heteroatoms. The third-order valence-electron chi connectivity index (χ3n) is 3.88. The summed E-state index contributed by atoms with van der Waals surface area (Å²) in [6, 6.07) is 0.541. The van der Waals surface area contributed by atoms with Gasteiger partial charge in [0.2, 0.25) is 0 Å². The predicted molar refractivity (Wildman–Crippen MR) is 64.6 cm³/mol. The summed E-state index contributed by atoms with van der Waals surface area (Å²) in [6.45, 7) is 7.26. The Labute approximate surface area is 98.9 Å². The minimum atomic E-state index is 0.429. The zero-order valence-corrected chi connectivity index (χ0v) is 10.6. The zero-order chi connectivity index (χ0) is 11.4. The molecule has 0 bridgehead atoms. The van der Waals surface area contributed by atoms with E-state index >= 15 is 0 Å². The van der Waals surface area contributed by atoms with Crippen LogP contribution >= 0.6 is 0 Å². The molecule has 0 saturated carbocycles. The highest BCUT2D eigenvalue weighted by Gasteiger charge is 2.34. The van der Waals surface area contributed by atoms with Crippen LogP contribution in [0, 0.1) is 5.92 Å². The van der Waals surface area contributed by atoms with E-state index in [1.54, 1.807) is 0 Å². The van der Waals surface area contributed by atoms with E-state index in [9.17, 15) is 0 Å². The number of hydrogen-bond acceptors (Lipinski definition) is 3. The minimum absolute atomic E-state index is 0.429. The molecule has 2 aliphatic heterocycles. The molecule has 2 aliphatic rings. The lowest BCUT2D eigenvalue weighted by Crippen LogP contribution is -2.47. The number of nitrogens with one attached hydrogen (secondary N) is 1. The van der Waals surface area contributed by atoms with Crippen LogP contribution < -0.4 is 5.32 Å². The lowest BCUT2D eigenvalue weighted by atomic mass is 9.87. The Morgan fingerprint density at radius 1 is 1.19 bits per heavy atom. The van der Waals surface area contributed by atoms with Crippen LogP contribution in [0.4, 0.5) is 0 Å². The first-order valence-electron chi connectivity index (χ1n) is 6.78. The minimum Gasteiger partial charge on any atom is -0.381 e. The van der Waals surface area contributed by atoms with E-state index in [0.29, 0.717) is 18.2 Å². The van der Waals surface area contributed by atoms with Crippen LogP contribution in [-0.2, 0) is 9.47 Å². The number of ether oxygens (including phenoxy) is 2. The summed E-state index contributed by atoms with van der Waals surface area (Å²) in [5, 5.41) is 3.63. The molecule has 94 valence electrons. The average Bonchev–Trinajstić information content (AvgIpc) is 2.74. The highest BCUT2D eigenvalue weighted by molar-refractivity contribution is 4.88. The van der Waals surface area contributed by atoms with Gasteiger partial charge < -0.3 is 14.8 Å². The first kappa shape index (κ1) is 12.3. The van der Waals surface area contributed by atoms with Gasteiger partial charge in [-0.15, -0.1) is 0 Å². The second-order valence-electron chi connectivity index (χ2n) is 5.10. The van der Waals surface area contributed by atoms with Crippen molar-refractivity contribution in [1.82, 2.24) is 5.32 Å². The van der Waals surface area contributed by atoms with Crippen LogP contribution in [0.1, 0.15) is 39.5 Å². The maximum absolute atomic E-state index is 6.03. The first-order valence-corrected chi connectivity index (χ1v) is 6.78. The van der Waals surface area contributed by atoms with E-state index < -0.39 is 0 Å². The van der Waals surface area contributed by atoms with Gasteiger partial charge in [-0.2, -0.15) is 0 Å². The van der Waals surface area contributed by atoms with Gasteiger partial charge in [0.15, 0.2) is 0 Å². The number of hydrogen-bond donors (Lipinski definition) is 1. The Morgan fingerprint density at radius 3 is 2.50 bits per heavy atom. The van der Waals surface area contributed by atoms with Crippen molar-refractivity contribution in [2.45, 2.75) is 57.8 Å². The summed E-state index contributed by atoms with van der Waals surface area (Å²) in [5.41, 5.74) is 0. The van der Waals surface area contributed by atoms with Crippen LogP contribution in [0.5, 0.6) is 0 Å².